The fourth-order valence-corrected chi connectivity index (χ4v) is 2.49. The van der Waals surface area contributed by atoms with E-state index in [4.69, 9.17) is 17.5 Å². The largest absolute Gasteiger partial charge is 0.329 e. The fourth-order valence-electron chi connectivity index (χ4n) is 2.19. The second-order valence-corrected chi connectivity index (χ2v) is 4.68. The van der Waals surface area contributed by atoms with Gasteiger partial charge in [0.25, 0.3) is 0 Å². The smallest absolute Gasteiger partial charge is 0.182 e. The first-order valence-electron chi connectivity index (χ1n) is 5.81. The van der Waals surface area contributed by atoms with Gasteiger partial charge in [0.15, 0.2) is 16.4 Å². The number of nitriles is 1. The number of H-pyrrole nitrogens is 1. The lowest BCUT2D eigenvalue weighted by atomic mass is 10.2. The van der Waals surface area contributed by atoms with Crippen molar-refractivity contribution in [2.75, 3.05) is 0 Å². The van der Waals surface area contributed by atoms with Crippen LogP contribution in [0.1, 0.15) is 5.56 Å². The number of aromatic nitrogens is 2. The second kappa shape index (κ2) is 4.75. The number of benzene rings is 2. The van der Waals surface area contributed by atoms with E-state index < -0.39 is 23.1 Å². The van der Waals surface area contributed by atoms with Gasteiger partial charge in [-0.05, 0) is 24.4 Å². The summed E-state index contributed by atoms with van der Waals surface area (Å²) >= 11 is 5.07. The van der Waals surface area contributed by atoms with Crippen LogP contribution in [0.4, 0.5) is 13.2 Å². The van der Waals surface area contributed by atoms with Crippen LogP contribution in [-0.4, -0.2) is 9.55 Å². The lowest BCUT2D eigenvalue weighted by Crippen LogP contribution is -2.02. The first-order valence-corrected chi connectivity index (χ1v) is 6.22. The van der Waals surface area contributed by atoms with Crippen LogP contribution >= 0.6 is 12.2 Å². The molecule has 3 aromatic rings. The van der Waals surface area contributed by atoms with Crippen molar-refractivity contribution in [1.82, 2.24) is 9.55 Å². The van der Waals surface area contributed by atoms with Gasteiger partial charge in [0.05, 0.1) is 16.6 Å². The summed E-state index contributed by atoms with van der Waals surface area (Å²) in [6.45, 7) is 0. The molecule has 21 heavy (non-hydrogen) atoms. The fraction of sp³-hybridized carbons (Fsp3) is 0. The van der Waals surface area contributed by atoms with E-state index in [9.17, 15) is 13.2 Å². The van der Waals surface area contributed by atoms with Crippen molar-refractivity contribution in [3.63, 3.8) is 0 Å². The average molecular weight is 305 g/mol. The highest BCUT2D eigenvalue weighted by molar-refractivity contribution is 7.71. The van der Waals surface area contributed by atoms with Gasteiger partial charge in [-0.25, -0.2) is 13.2 Å². The molecule has 2 aromatic carbocycles. The summed E-state index contributed by atoms with van der Waals surface area (Å²) in [5.41, 5.74) is 0.514. The number of imidazole rings is 1. The normalized spacial score (nSPS) is 10.8. The molecule has 104 valence electrons. The number of hydrogen-bond donors (Lipinski definition) is 1. The number of nitrogens with zero attached hydrogens (tertiary/aromatic N) is 2. The van der Waals surface area contributed by atoms with Crippen LogP contribution in [0.2, 0.25) is 0 Å². The molecule has 0 saturated heterocycles. The molecule has 0 bridgehead atoms. The first kappa shape index (κ1) is 13.4. The van der Waals surface area contributed by atoms with E-state index in [0.29, 0.717) is 28.7 Å². The maximum atomic E-state index is 13.9. The van der Waals surface area contributed by atoms with Crippen LogP contribution in [0.5, 0.6) is 0 Å². The monoisotopic (exact) mass is 305 g/mol. The number of halogens is 3. The Morgan fingerprint density at radius 1 is 1.14 bits per heavy atom. The molecule has 1 heterocycles. The molecule has 0 amide bonds. The Balaban J connectivity index is 2.45. The Labute approximate surface area is 121 Å². The summed E-state index contributed by atoms with van der Waals surface area (Å²) in [6.07, 6.45) is 0. The molecule has 0 radical (unpaired) electrons. The maximum absolute atomic E-state index is 13.9. The molecular weight excluding hydrogens is 299 g/mol. The van der Waals surface area contributed by atoms with Crippen LogP contribution in [0.3, 0.4) is 0 Å². The van der Waals surface area contributed by atoms with Crippen LogP contribution in [0, 0.1) is 33.6 Å². The van der Waals surface area contributed by atoms with E-state index in [1.54, 1.807) is 18.2 Å². The molecule has 0 aliphatic rings. The van der Waals surface area contributed by atoms with E-state index in [-0.39, 0.29) is 4.77 Å². The van der Waals surface area contributed by atoms with Crippen molar-refractivity contribution in [2.45, 2.75) is 0 Å². The lowest BCUT2D eigenvalue weighted by Gasteiger charge is -2.07. The number of nitrogens with one attached hydrogen (secondary N) is 1. The Morgan fingerprint density at radius 2 is 1.81 bits per heavy atom. The van der Waals surface area contributed by atoms with Crippen molar-refractivity contribution in [1.29, 1.82) is 5.26 Å². The molecule has 1 N–H and O–H groups in total. The first-order chi connectivity index (χ1) is 10.0. The lowest BCUT2D eigenvalue weighted by molar-refractivity contribution is 0.535. The molecule has 7 heteroatoms. The number of hydrogen-bond acceptors (Lipinski definition) is 2. The maximum Gasteiger partial charge on any atom is 0.182 e. The van der Waals surface area contributed by atoms with Gasteiger partial charge >= 0.3 is 0 Å². The third kappa shape index (κ3) is 2.00. The van der Waals surface area contributed by atoms with Gasteiger partial charge in [0, 0.05) is 12.1 Å². The zero-order chi connectivity index (χ0) is 15.1. The van der Waals surface area contributed by atoms with Gasteiger partial charge in [-0.3, -0.25) is 4.57 Å². The van der Waals surface area contributed by atoms with Crippen molar-refractivity contribution in [3.8, 4) is 11.8 Å². The summed E-state index contributed by atoms with van der Waals surface area (Å²) in [4.78, 5) is 2.74. The van der Waals surface area contributed by atoms with Gasteiger partial charge in [-0.2, -0.15) is 5.26 Å². The highest BCUT2D eigenvalue weighted by atomic mass is 32.1. The van der Waals surface area contributed by atoms with E-state index in [0.717, 1.165) is 4.57 Å². The van der Waals surface area contributed by atoms with Gasteiger partial charge in [-0.15, -0.1) is 0 Å². The summed E-state index contributed by atoms with van der Waals surface area (Å²) in [7, 11) is 0. The van der Waals surface area contributed by atoms with Crippen molar-refractivity contribution < 1.29 is 13.2 Å². The second-order valence-electron chi connectivity index (χ2n) is 4.30. The van der Waals surface area contributed by atoms with Crippen LogP contribution in [0.25, 0.3) is 16.7 Å². The third-order valence-electron chi connectivity index (χ3n) is 3.04. The Hall–Kier alpha value is -2.59. The molecule has 0 aliphatic carbocycles. The van der Waals surface area contributed by atoms with Crippen LogP contribution in [0.15, 0.2) is 30.3 Å². The molecule has 3 rings (SSSR count). The predicted molar refractivity (Wildman–Crippen MR) is 73.0 cm³/mol. The van der Waals surface area contributed by atoms with Crippen molar-refractivity contribution in [2.24, 2.45) is 0 Å². The topological polar surface area (TPSA) is 44.5 Å². The molecule has 0 aliphatic heterocycles. The summed E-state index contributed by atoms with van der Waals surface area (Å²) in [5.74, 6) is -3.17. The van der Waals surface area contributed by atoms with E-state index in [1.165, 1.54) is 0 Å². The summed E-state index contributed by atoms with van der Waals surface area (Å²) in [6, 6.07) is 7.79. The SMILES string of the molecule is N#Cc1cccc2c1[nH]c(=S)n2-c1c(F)cc(F)cc1F. The van der Waals surface area contributed by atoms with Gasteiger partial charge in [0.1, 0.15) is 17.6 Å². The highest BCUT2D eigenvalue weighted by Crippen LogP contribution is 2.26. The average Bonchev–Trinajstić information content (AvgIpc) is 2.74. The minimum atomic E-state index is -1.08. The third-order valence-corrected chi connectivity index (χ3v) is 3.33. The van der Waals surface area contributed by atoms with Crippen molar-refractivity contribution >= 4 is 23.3 Å². The number of rotatable bonds is 1. The molecule has 0 unspecified atom stereocenters. The molecule has 1 aromatic heterocycles. The molecule has 3 nitrogen and oxygen atoms in total. The summed E-state index contributed by atoms with van der Waals surface area (Å²) in [5, 5.41) is 9.04. The minimum absolute atomic E-state index is 0.0112. The number of fused-ring (bicyclic) bond motifs is 1. The van der Waals surface area contributed by atoms with E-state index >= 15 is 0 Å². The molecule has 0 atom stereocenters. The van der Waals surface area contributed by atoms with Crippen LogP contribution in [-0.2, 0) is 0 Å². The molecule has 0 saturated carbocycles. The molecule has 0 spiro atoms. The molecular formula is C14H6F3N3S. The Morgan fingerprint density at radius 3 is 2.43 bits per heavy atom. The number of aromatic amines is 1. The minimum Gasteiger partial charge on any atom is -0.329 e. The van der Waals surface area contributed by atoms with E-state index in [1.807, 2.05) is 6.07 Å². The summed E-state index contributed by atoms with van der Waals surface area (Å²) < 4.78 is 42.0. The van der Waals surface area contributed by atoms with Gasteiger partial charge in [0.2, 0.25) is 0 Å². The predicted octanol–water partition coefficient (Wildman–Crippen LogP) is 3.98. The van der Waals surface area contributed by atoms with E-state index in [2.05, 4.69) is 4.98 Å². The Kier molecular flexibility index (Phi) is 3.03. The van der Waals surface area contributed by atoms with Gasteiger partial charge < -0.3 is 4.98 Å². The van der Waals surface area contributed by atoms with Crippen LogP contribution < -0.4 is 0 Å². The number of para-hydroxylation sites is 1. The standard InChI is InChI=1S/C14H6F3N3S/c15-8-4-9(16)13(10(17)5-8)20-11-3-1-2-7(6-18)12(11)19-14(20)21/h1-5H,(H,19,21). The van der Waals surface area contributed by atoms with Crippen molar-refractivity contribution in [3.05, 3.63) is 58.1 Å². The Bertz CT molecular complexity index is 943. The molecule has 0 fully saturated rings. The van der Waals surface area contributed by atoms with Gasteiger partial charge in [-0.1, -0.05) is 6.07 Å². The highest BCUT2D eigenvalue weighted by Gasteiger charge is 2.18. The zero-order valence-corrected chi connectivity index (χ0v) is 11.1. The zero-order valence-electron chi connectivity index (χ0n) is 10.3. The quantitative estimate of drug-likeness (QED) is 0.691.